The van der Waals surface area contributed by atoms with Gasteiger partial charge in [-0.15, -0.1) is 0 Å². The molecule has 14 nitrogen and oxygen atoms in total. The van der Waals surface area contributed by atoms with Gasteiger partial charge >= 0.3 is 0 Å². The minimum Gasteiger partial charge on any atom is -0.716 e. The molecule has 54 heavy (non-hydrogen) atoms. The second kappa shape index (κ2) is 16.7. The Hall–Kier alpha value is -5.42. The summed E-state index contributed by atoms with van der Waals surface area (Å²) in [5, 5.41) is 0.988. The molecule has 0 spiro atoms. The summed E-state index contributed by atoms with van der Waals surface area (Å²) in [6.45, 7) is 0.868. The first-order valence-electron chi connectivity index (χ1n) is 17.4. The van der Waals surface area contributed by atoms with E-state index in [-0.39, 0.29) is 22.6 Å². The van der Waals surface area contributed by atoms with E-state index < -0.39 is 20.8 Å². The maximum atomic E-state index is 13.5. The number of para-hydroxylation sites is 2. The van der Waals surface area contributed by atoms with E-state index in [9.17, 15) is 35.5 Å². The van der Waals surface area contributed by atoms with Crippen LogP contribution in [-0.4, -0.2) is 45.0 Å². The van der Waals surface area contributed by atoms with Gasteiger partial charge in [0.25, 0.3) is 31.9 Å². The highest BCUT2D eigenvalue weighted by molar-refractivity contribution is 7.81. The lowest BCUT2D eigenvalue weighted by molar-refractivity contribution is 0.370. The number of benzene rings is 4. The van der Waals surface area contributed by atoms with Crippen molar-refractivity contribution >= 4 is 42.6 Å². The van der Waals surface area contributed by atoms with Gasteiger partial charge in [-0.2, -0.15) is 0 Å². The van der Waals surface area contributed by atoms with Gasteiger partial charge in [-0.05, 0) is 85.6 Å². The molecule has 0 bridgehead atoms. The number of nitrogens with zero attached hydrogens (tertiary/aromatic N) is 4. The van der Waals surface area contributed by atoms with E-state index in [2.05, 4.69) is 8.37 Å². The normalized spacial score (nSPS) is 12.0. The van der Waals surface area contributed by atoms with Crippen LogP contribution in [0.4, 0.5) is 0 Å². The molecule has 0 saturated heterocycles. The monoisotopic (exact) mass is 772 g/mol. The zero-order valence-electron chi connectivity index (χ0n) is 29.0. The van der Waals surface area contributed by atoms with Crippen molar-refractivity contribution in [2.75, 3.05) is 0 Å². The molecule has 0 aliphatic carbocycles. The molecule has 2 aromatic heterocycles. The van der Waals surface area contributed by atoms with Gasteiger partial charge in [-0.3, -0.25) is 18.7 Å². The largest absolute Gasteiger partial charge is 0.716 e. The smallest absolute Gasteiger partial charge is 0.262 e. The Kier molecular flexibility index (Phi) is 11.9. The van der Waals surface area contributed by atoms with E-state index >= 15 is 0 Å². The van der Waals surface area contributed by atoms with Crippen LogP contribution in [0, 0.1) is 0 Å². The molecule has 0 atom stereocenters. The Bertz CT molecular complexity index is 2420. The molecule has 6 rings (SSSR count). The van der Waals surface area contributed by atoms with Gasteiger partial charge in [-0.1, -0.05) is 62.8 Å². The van der Waals surface area contributed by atoms with Crippen molar-refractivity contribution < 1.29 is 34.3 Å². The van der Waals surface area contributed by atoms with Crippen LogP contribution >= 0.6 is 0 Å². The molecule has 0 aliphatic rings. The lowest BCUT2D eigenvalue weighted by atomic mass is 10.1. The van der Waals surface area contributed by atoms with Crippen LogP contribution in [0.15, 0.2) is 107 Å². The fraction of sp³-hybridized carbons (Fsp3) is 0.263. The summed E-state index contributed by atoms with van der Waals surface area (Å²) in [5.41, 5.74) is 1.86. The van der Waals surface area contributed by atoms with E-state index in [0.717, 1.165) is 51.4 Å². The summed E-state index contributed by atoms with van der Waals surface area (Å²) in [6, 6.07) is 25.7. The molecule has 0 aliphatic heterocycles. The molecule has 6 aromatic rings. The van der Waals surface area contributed by atoms with Crippen LogP contribution < -0.4 is 19.5 Å². The summed E-state index contributed by atoms with van der Waals surface area (Å²) in [7, 11) is -9.84. The molecule has 0 amide bonds. The molecule has 0 saturated carbocycles. The Morgan fingerprint density at radius 3 is 1.17 bits per heavy atom. The molecule has 0 fully saturated rings. The summed E-state index contributed by atoms with van der Waals surface area (Å²) in [6.07, 6.45) is 7.18. The zero-order valence-corrected chi connectivity index (χ0v) is 30.6. The van der Waals surface area contributed by atoms with E-state index in [1.54, 1.807) is 81.9 Å². The molecule has 0 N–H and O–H groups in total. The maximum absolute atomic E-state index is 13.5. The number of aromatic nitrogens is 4. The van der Waals surface area contributed by atoms with E-state index in [0.29, 0.717) is 57.7 Å². The third-order valence-electron chi connectivity index (χ3n) is 8.86. The molecule has 0 radical (unpaired) electrons. The molecule has 2 heterocycles. The molecule has 0 unspecified atom stereocenters. The Labute approximate surface area is 311 Å². The Balaban J connectivity index is 1.02. The van der Waals surface area contributed by atoms with Crippen LogP contribution in [0.5, 0.6) is 11.5 Å². The van der Waals surface area contributed by atoms with Crippen molar-refractivity contribution in [1.82, 2.24) is 19.1 Å². The number of unbranched alkanes of at least 4 members (excludes halogenated alkanes) is 7. The predicted molar refractivity (Wildman–Crippen MR) is 200 cm³/mol. The van der Waals surface area contributed by atoms with Crippen molar-refractivity contribution in [1.29, 1.82) is 0 Å². The third kappa shape index (κ3) is 9.76. The van der Waals surface area contributed by atoms with Gasteiger partial charge in [0.05, 0.1) is 21.8 Å². The summed E-state index contributed by atoms with van der Waals surface area (Å²) in [4.78, 5) is 36.5. The second-order valence-corrected chi connectivity index (χ2v) is 14.6. The molecule has 282 valence electrons. The summed E-state index contributed by atoms with van der Waals surface area (Å²) in [5.74, 6) is 0.594. The van der Waals surface area contributed by atoms with E-state index in [1.165, 1.54) is 24.3 Å². The average Bonchev–Trinajstić information content (AvgIpc) is 3.13. The minimum absolute atomic E-state index is 0.134. The van der Waals surface area contributed by atoms with Crippen LogP contribution in [0.2, 0.25) is 0 Å². The van der Waals surface area contributed by atoms with Crippen molar-refractivity contribution in [3.05, 3.63) is 118 Å². The van der Waals surface area contributed by atoms with Crippen molar-refractivity contribution in [2.45, 2.75) is 64.5 Å². The SMILES string of the molecule is O=c1c2ccccc2nc(-c2ccc(OS(=O)(=O)[O-])cc2)n1CCCCCCCCCCn1c(-c2ccc(OS(=O)(=O)[O-])cc2)nc2ccccc2c1=O. The summed E-state index contributed by atoms with van der Waals surface area (Å²) < 4.78 is 78.0. The standard InChI is InChI=1S/C38H38N4O10S2/c43-37-31-13-7-9-15-33(31)39-35(27-17-21-29(22-18-27)51-53(45,46)47)41(37)25-11-5-3-1-2-4-6-12-26-42-36(40-34-16-10-8-14-32(34)38(42)44)28-19-23-30(24-20-28)52-54(48,49)50/h7-10,13-24H,1-6,11-12,25-26H2,(H,45,46,47)(H,48,49,50)/p-2. The van der Waals surface area contributed by atoms with Crippen LogP contribution in [-0.2, 0) is 33.9 Å². The van der Waals surface area contributed by atoms with Crippen molar-refractivity contribution in [2.24, 2.45) is 0 Å². The molecular formula is C38H36N4O10S2-2. The van der Waals surface area contributed by atoms with Gasteiger partial charge in [0.1, 0.15) is 23.1 Å². The fourth-order valence-corrected chi connectivity index (χ4v) is 7.04. The van der Waals surface area contributed by atoms with Gasteiger partial charge in [0.15, 0.2) is 0 Å². The topological polar surface area (TPSA) is 203 Å². The lowest BCUT2D eigenvalue weighted by Crippen LogP contribution is -2.23. The van der Waals surface area contributed by atoms with Crippen LogP contribution in [0.3, 0.4) is 0 Å². The highest BCUT2D eigenvalue weighted by Crippen LogP contribution is 2.25. The van der Waals surface area contributed by atoms with Crippen LogP contribution in [0.25, 0.3) is 44.6 Å². The van der Waals surface area contributed by atoms with E-state index in [4.69, 9.17) is 9.97 Å². The average molecular weight is 773 g/mol. The second-order valence-electron chi connectivity index (χ2n) is 12.7. The maximum Gasteiger partial charge on any atom is 0.262 e. The van der Waals surface area contributed by atoms with Crippen LogP contribution in [0.1, 0.15) is 51.4 Å². The number of hydrogen-bond donors (Lipinski definition) is 0. The third-order valence-corrected chi connectivity index (χ3v) is 9.65. The van der Waals surface area contributed by atoms with Gasteiger partial charge in [-0.25, -0.2) is 26.8 Å². The van der Waals surface area contributed by atoms with Crippen molar-refractivity contribution in [3.63, 3.8) is 0 Å². The fourth-order valence-electron chi connectivity index (χ4n) is 6.35. The number of fused-ring (bicyclic) bond motifs is 2. The minimum atomic E-state index is -4.92. The predicted octanol–water partition coefficient (Wildman–Crippen LogP) is 5.94. The van der Waals surface area contributed by atoms with E-state index in [1.807, 2.05) is 0 Å². The highest BCUT2D eigenvalue weighted by Gasteiger charge is 2.15. The highest BCUT2D eigenvalue weighted by atomic mass is 32.3. The zero-order chi connectivity index (χ0) is 38.3. The van der Waals surface area contributed by atoms with Gasteiger partial charge < -0.3 is 17.5 Å². The molecular weight excluding hydrogens is 737 g/mol. The first kappa shape index (κ1) is 38.3. The van der Waals surface area contributed by atoms with Gasteiger partial charge in [0.2, 0.25) is 0 Å². The molecule has 4 aromatic carbocycles. The van der Waals surface area contributed by atoms with Gasteiger partial charge in [0, 0.05) is 24.2 Å². The number of rotatable bonds is 17. The Morgan fingerprint density at radius 1 is 0.481 bits per heavy atom. The first-order valence-corrected chi connectivity index (χ1v) is 20.0. The number of hydrogen-bond acceptors (Lipinski definition) is 12. The Morgan fingerprint density at radius 2 is 0.815 bits per heavy atom. The quantitative estimate of drug-likeness (QED) is 0.0601. The van der Waals surface area contributed by atoms with Crippen molar-refractivity contribution in [3.8, 4) is 34.3 Å². The lowest BCUT2D eigenvalue weighted by Gasteiger charge is -2.15. The summed E-state index contributed by atoms with van der Waals surface area (Å²) >= 11 is 0. The first-order chi connectivity index (χ1) is 25.9. The molecule has 16 heteroatoms.